The van der Waals surface area contributed by atoms with Crippen LogP contribution in [0.15, 0.2) is 29.2 Å². The predicted octanol–water partition coefficient (Wildman–Crippen LogP) is 1.95. The van der Waals surface area contributed by atoms with Crippen LogP contribution in [0.5, 0.6) is 0 Å². The van der Waals surface area contributed by atoms with Gasteiger partial charge in [0.1, 0.15) is 4.90 Å². The highest BCUT2D eigenvalue weighted by Crippen LogP contribution is 2.26. The van der Waals surface area contributed by atoms with Crippen molar-refractivity contribution in [3.05, 3.63) is 24.3 Å². The van der Waals surface area contributed by atoms with Crippen LogP contribution < -0.4 is 10.0 Å². The van der Waals surface area contributed by atoms with Crippen molar-refractivity contribution in [2.24, 2.45) is 5.92 Å². The summed E-state index contributed by atoms with van der Waals surface area (Å²) in [5.74, 6) is 0.400. The Morgan fingerprint density at radius 1 is 1.29 bits per heavy atom. The lowest BCUT2D eigenvalue weighted by Crippen LogP contribution is -2.27. The highest BCUT2D eigenvalue weighted by atomic mass is 32.2. The van der Waals surface area contributed by atoms with Crippen LogP contribution in [0.3, 0.4) is 0 Å². The van der Waals surface area contributed by atoms with Gasteiger partial charge < -0.3 is 10.4 Å². The van der Waals surface area contributed by atoms with Gasteiger partial charge in [0.05, 0.1) is 11.8 Å². The first-order valence-corrected chi connectivity index (χ1v) is 8.90. The third kappa shape index (κ3) is 4.98. The first kappa shape index (κ1) is 16.3. The molecule has 2 rings (SSSR count). The highest BCUT2D eigenvalue weighted by Gasteiger charge is 2.29. The molecule has 3 N–H and O–H groups in total. The van der Waals surface area contributed by atoms with Gasteiger partial charge in [-0.05, 0) is 37.3 Å². The van der Waals surface area contributed by atoms with Crippen LogP contribution in [-0.2, 0) is 10.0 Å². The highest BCUT2D eigenvalue weighted by molar-refractivity contribution is 7.89. The van der Waals surface area contributed by atoms with Gasteiger partial charge in [0.2, 0.25) is 10.0 Å². The summed E-state index contributed by atoms with van der Waals surface area (Å²) < 4.78 is 27.3. The fourth-order valence-corrected chi connectivity index (χ4v) is 3.68. The van der Waals surface area contributed by atoms with Gasteiger partial charge in [-0.15, -0.1) is 0 Å². The first-order valence-electron chi connectivity index (χ1n) is 7.42. The van der Waals surface area contributed by atoms with Crippen LogP contribution in [0.1, 0.15) is 33.1 Å². The fourth-order valence-electron chi connectivity index (χ4n) is 2.19. The summed E-state index contributed by atoms with van der Waals surface area (Å²) in [6.07, 6.45) is 2.00. The zero-order valence-corrected chi connectivity index (χ0v) is 13.4. The van der Waals surface area contributed by atoms with Gasteiger partial charge in [-0.25, -0.2) is 13.1 Å². The summed E-state index contributed by atoms with van der Waals surface area (Å²) in [5, 5.41) is 13.0. The van der Waals surface area contributed by atoms with Crippen molar-refractivity contribution in [2.45, 2.75) is 50.2 Å². The summed E-state index contributed by atoms with van der Waals surface area (Å²) in [6.45, 7) is 4.43. The minimum atomic E-state index is -3.49. The number of benzene rings is 1. The van der Waals surface area contributed by atoms with Gasteiger partial charge in [0, 0.05) is 12.6 Å². The second-order valence-corrected chi connectivity index (χ2v) is 7.74. The molecule has 0 bridgehead atoms. The summed E-state index contributed by atoms with van der Waals surface area (Å²) in [5.41, 5.74) is 0.536. The maximum atomic E-state index is 12.3. The Labute approximate surface area is 126 Å². The molecule has 1 fully saturated rings. The van der Waals surface area contributed by atoms with Gasteiger partial charge in [0.25, 0.3) is 0 Å². The maximum absolute atomic E-state index is 12.3. The number of rotatable bonds is 8. The van der Waals surface area contributed by atoms with E-state index in [2.05, 4.69) is 10.0 Å². The number of hydrogen-bond donors (Lipinski definition) is 3. The Morgan fingerprint density at radius 3 is 2.57 bits per heavy atom. The predicted molar refractivity (Wildman–Crippen MR) is 83.7 cm³/mol. The fraction of sp³-hybridized carbons (Fsp3) is 0.600. The molecule has 0 amide bonds. The largest absolute Gasteiger partial charge is 0.391 e. The normalized spacial score (nSPS) is 17.0. The zero-order chi connectivity index (χ0) is 15.5. The Morgan fingerprint density at radius 2 is 1.95 bits per heavy atom. The molecule has 0 heterocycles. The standard InChI is InChI=1S/C15H24N2O3S/c1-11(2)9-13(18)10-16-14-5-3-4-6-15(14)21(19,20)17-12-7-8-12/h3-6,11-13,16-18H,7-10H2,1-2H3. The molecule has 0 radical (unpaired) electrons. The number of hydrogen-bond acceptors (Lipinski definition) is 4. The Kier molecular flexibility index (Phi) is 5.24. The number of para-hydroxylation sites is 1. The van der Waals surface area contributed by atoms with E-state index in [-0.39, 0.29) is 10.9 Å². The van der Waals surface area contributed by atoms with E-state index in [4.69, 9.17) is 0 Å². The third-order valence-corrected chi connectivity index (χ3v) is 4.93. The molecule has 1 aromatic rings. The number of aliphatic hydroxyl groups excluding tert-OH is 1. The Bertz CT molecular complexity index is 568. The molecule has 5 nitrogen and oxygen atoms in total. The van der Waals surface area contributed by atoms with Crippen molar-refractivity contribution in [3.63, 3.8) is 0 Å². The molecule has 1 unspecified atom stereocenters. The molecule has 21 heavy (non-hydrogen) atoms. The summed E-state index contributed by atoms with van der Waals surface area (Å²) in [6, 6.07) is 6.88. The summed E-state index contributed by atoms with van der Waals surface area (Å²) in [4.78, 5) is 0.244. The van der Waals surface area contributed by atoms with E-state index in [1.807, 2.05) is 13.8 Å². The van der Waals surface area contributed by atoms with E-state index in [0.29, 0.717) is 24.6 Å². The van der Waals surface area contributed by atoms with Crippen LogP contribution in [0.25, 0.3) is 0 Å². The van der Waals surface area contributed by atoms with Crippen molar-refractivity contribution >= 4 is 15.7 Å². The van der Waals surface area contributed by atoms with Crippen LogP contribution >= 0.6 is 0 Å². The topological polar surface area (TPSA) is 78.4 Å². The monoisotopic (exact) mass is 312 g/mol. The smallest absolute Gasteiger partial charge is 0.242 e. The van der Waals surface area contributed by atoms with Crippen molar-refractivity contribution in [1.29, 1.82) is 0 Å². The number of anilines is 1. The van der Waals surface area contributed by atoms with Crippen molar-refractivity contribution in [1.82, 2.24) is 4.72 Å². The zero-order valence-electron chi connectivity index (χ0n) is 12.5. The Balaban J connectivity index is 2.06. The van der Waals surface area contributed by atoms with E-state index in [0.717, 1.165) is 12.8 Å². The van der Waals surface area contributed by atoms with E-state index in [9.17, 15) is 13.5 Å². The molecule has 0 spiro atoms. The lowest BCUT2D eigenvalue weighted by molar-refractivity contribution is 0.161. The van der Waals surface area contributed by atoms with Crippen LogP contribution in [-0.4, -0.2) is 32.2 Å². The number of aliphatic hydroxyl groups is 1. The quantitative estimate of drug-likeness (QED) is 0.685. The van der Waals surface area contributed by atoms with Crippen LogP contribution in [0.2, 0.25) is 0 Å². The van der Waals surface area contributed by atoms with Gasteiger partial charge >= 0.3 is 0 Å². The van der Waals surface area contributed by atoms with Gasteiger partial charge in [-0.1, -0.05) is 26.0 Å². The molecule has 1 aromatic carbocycles. The molecule has 1 aliphatic rings. The average Bonchev–Trinajstić information content (AvgIpc) is 3.19. The van der Waals surface area contributed by atoms with Crippen molar-refractivity contribution in [2.75, 3.05) is 11.9 Å². The first-order chi connectivity index (χ1) is 9.88. The SMILES string of the molecule is CC(C)CC(O)CNc1ccccc1S(=O)(=O)NC1CC1. The van der Waals surface area contributed by atoms with E-state index in [1.165, 1.54) is 0 Å². The number of nitrogens with one attached hydrogen (secondary N) is 2. The molecule has 0 aliphatic heterocycles. The van der Waals surface area contributed by atoms with E-state index < -0.39 is 16.1 Å². The molecular formula is C15H24N2O3S. The average molecular weight is 312 g/mol. The summed E-state index contributed by atoms with van der Waals surface area (Å²) in [7, 11) is -3.49. The van der Waals surface area contributed by atoms with Gasteiger partial charge in [0.15, 0.2) is 0 Å². The lowest BCUT2D eigenvalue weighted by Gasteiger charge is -2.17. The molecule has 0 saturated heterocycles. The second-order valence-electron chi connectivity index (χ2n) is 6.06. The molecule has 1 aliphatic carbocycles. The minimum absolute atomic E-state index is 0.0783. The van der Waals surface area contributed by atoms with E-state index >= 15 is 0 Å². The van der Waals surface area contributed by atoms with E-state index in [1.54, 1.807) is 24.3 Å². The maximum Gasteiger partial charge on any atom is 0.242 e. The molecule has 6 heteroatoms. The second kappa shape index (κ2) is 6.77. The van der Waals surface area contributed by atoms with Crippen molar-refractivity contribution < 1.29 is 13.5 Å². The van der Waals surface area contributed by atoms with Crippen LogP contribution in [0.4, 0.5) is 5.69 Å². The molecular weight excluding hydrogens is 288 g/mol. The van der Waals surface area contributed by atoms with Crippen molar-refractivity contribution in [3.8, 4) is 0 Å². The Hall–Kier alpha value is -1.11. The molecule has 1 saturated carbocycles. The molecule has 1 atom stereocenters. The minimum Gasteiger partial charge on any atom is -0.391 e. The lowest BCUT2D eigenvalue weighted by atomic mass is 10.1. The van der Waals surface area contributed by atoms with Crippen LogP contribution in [0, 0.1) is 5.92 Å². The van der Waals surface area contributed by atoms with Gasteiger partial charge in [-0.3, -0.25) is 0 Å². The van der Waals surface area contributed by atoms with Gasteiger partial charge in [-0.2, -0.15) is 0 Å². The summed E-state index contributed by atoms with van der Waals surface area (Å²) >= 11 is 0. The third-order valence-electron chi connectivity index (χ3n) is 3.35. The molecule has 118 valence electrons. The molecule has 0 aromatic heterocycles. The number of sulfonamides is 1.